The number of aliphatic hydroxyl groups is 2. The van der Waals surface area contributed by atoms with Gasteiger partial charge in [0, 0.05) is 25.7 Å². The topological polar surface area (TPSA) is 129 Å². The van der Waals surface area contributed by atoms with Gasteiger partial charge < -0.3 is 24.6 Å². The van der Waals surface area contributed by atoms with E-state index in [1.54, 1.807) is 48.0 Å². The van der Waals surface area contributed by atoms with Crippen LogP contribution >= 0.6 is 0 Å². The summed E-state index contributed by atoms with van der Waals surface area (Å²) in [5, 5.41) is 19.6. The Morgan fingerprint density at radius 2 is 1.83 bits per heavy atom. The van der Waals surface area contributed by atoms with Gasteiger partial charge in [0.25, 0.3) is 0 Å². The van der Waals surface area contributed by atoms with Crippen molar-refractivity contribution in [2.45, 2.75) is 12.2 Å². The molecule has 0 saturated carbocycles. The molecule has 0 heterocycles. The molecule has 24 heavy (non-hydrogen) atoms. The first kappa shape index (κ1) is 20.6. The van der Waals surface area contributed by atoms with Crippen LogP contribution < -0.4 is 14.2 Å². The Morgan fingerprint density at radius 1 is 1.21 bits per heavy atom. The predicted molar refractivity (Wildman–Crippen MR) is 87.6 cm³/mol. The molecule has 1 aromatic rings. The second-order valence-corrected chi connectivity index (χ2v) is 6.58. The Labute approximate surface area is 141 Å². The van der Waals surface area contributed by atoms with Gasteiger partial charge >= 0.3 is 10.3 Å². The van der Waals surface area contributed by atoms with Crippen molar-refractivity contribution in [3.05, 3.63) is 24.3 Å². The number of nitrogens with zero attached hydrogens (tertiary/aromatic N) is 1. The van der Waals surface area contributed by atoms with Crippen molar-refractivity contribution >= 4 is 10.3 Å². The molecule has 10 heteroatoms. The number of rotatable bonds is 11. The molecule has 0 aliphatic heterocycles. The highest BCUT2D eigenvalue weighted by atomic mass is 32.2. The van der Waals surface area contributed by atoms with Gasteiger partial charge in [-0.05, 0) is 19.2 Å². The summed E-state index contributed by atoms with van der Waals surface area (Å²) in [6.45, 7) is 0.0576. The largest absolute Gasteiger partial charge is 0.497 e. The van der Waals surface area contributed by atoms with Crippen LogP contribution in [0.1, 0.15) is 0 Å². The molecule has 9 nitrogen and oxygen atoms in total. The number of likely N-dealkylation sites (N-methyl/N-ethyl adjacent to an activating group) is 1. The summed E-state index contributed by atoms with van der Waals surface area (Å²) in [5.74, 6) is 1.21. The summed E-state index contributed by atoms with van der Waals surface area (Å²) in [4.78, 5) is 1.62. The highest BCUT2D eigenvalue weighted by Crippen LogP contribution is 2.18. The molecule has 0 spiro atoms. The lowest BCUT2D eigenvalue weighted by atomic mass is 10.3. The SMILES string of the molecule is COc1cccc(OCC(O)CN(C)CC(O)CNS(=O)(=O)O)c1. The molecule has 1 rings (SSSR count). The smallest absolute Gasteiger partial charge is 0.333 e. The van der Waals surface area contributed by atoms with E-state index in [4.69, 9.17) is 14.0 Å². The zero-order chi connectivity index (χ0) is 18.2. The van der Waals surface area contributed by atoms with Crippen LogP contribution in [-0.4, -0.2) is 80.7 Å². The zero-order valence-electron chi connectivity index (χ0n) is 13.6. The van der Waals surface area contributed by atoms with Crippen LogP contribution in [0.25, 0.3) is 0 Å². The molecule has 0 amide bonds. The van der Waals surface area contributed by atoms with E-state index in [-0.39, 0.29) is 26.2 Å². The van der Waals surface area contributed by atoms with Crippen LogP contribution in [0.15, 0.2) is 24.3 Å². The number of nitrogens with one attached hydrogen (secondary N) is 1. The minimum Gasteiger partial charge on any atom is -0.497 e. The lowest BCUT2D eigenvalue weighted by Crippen LogP contribution is -2.41. The van der Waals surface area contributed by atoms with Gasteiger partial charge in [-0.3, -0.25) is 4.55 Å². The molecule has 0 saturated heterocycles. The van der Waals surface area contributed by atoms with E-state index >= 15 is 0 Å². The lowest BCUT2D eigenvalue weighted by Gasteiger charge is -2.23. The van der Waals surface area contributed by atoms with Gasteiger partial charge in [0.2, 0.25) is 0 Å². The van der Waals surface area contributed by atoms with E-state index in [1.807, 2.05) is 0 Å². The molecule has 2 unspecified atom stereocenters. The van der Waals surface area contributed by atoms with Crippen LogP contribution in [0.4, 0.5) is 0 Å². The predicted octanol–water partition coefficient (Wildman–Crippen LogP) is -0.880. The first-order valence-corrected chi connectivity index (χ1v) is 8.67. The maximum absolute atomic E-state index is 10.5. The molecular weight excluding hydrogens is 340 g/mol. The number of benzene rings is 1. The number of methoxy groups -OCH3 is 1. The summed E-state index contributed by atoms with van der Waals surface area (Å²) >= 11 is 0. The molecule has 138 valence electrons. The third-order valence-corrected chi connectivity index (χ3v) is 3.56. The van der Waals surface area contributed by atoms with Crippen molar-refractivity contribution in [1.82, 2.24) is 9.62 Å². The van der Waals surface area contributed by atoms with Crippen molar-refractivity contribution in [3.8, 4) is 11.5 Å². The van der Waals surface area contributed by atoms with Crippen molar-refractivity contribution in [3.63, 3.8) is 0 Å². The molecule has 4 N–H and O–H groups in total. The Bertz CT molecular complexity index is 597. The van der Waals surface area contributed by atoms with Crippen LogP contribution in [0.2, 0.25) is 0 Å². The molecule has 2 atom stereocenters. The molecule has 0 aliphatic rings. The average molecular weight is 364 g/mol. The van der Waals surface area contributed by atoms with Crippen LogP contribution in [0.5, 0.6) is 11.5 Å². The normalized spacial score (nSPS) is 14.4. The fraction of sp³-hybridized carbons (Fsp3) is 0.571. The number of hydrogen-bond donors (Lipinski definition) is 4. The fourth-order valence-electron chi connectivity index (χ4n) is 2.00. The number of hydrogen-bond acceptors (Lipinski definition) is 7. The highest BCUT2D eigenvalue weighted by molar-refractivity contribution is 7.83. The fourth-order valence-corrected chi connectivity index (χ4v) is 2.40. The summed E-state index contributed by atoms with van der Waals surface area (Å²) in [5.41, 5.74) is 0. The summed E-state index contributed by atoms with van der Waals surface area (Å²) in [7, 11) is -1.13. The Balaban J connectivity index is 2.31. The van der Waals surface area contributed by atoms with Crippen LogP contribution in [0.3, 0.4) is 0 Å². The molecule has 1 aromatic carbocycles. The lowest BCUT2D eigenvalue weighted by molar-refractivity contribution is 0.0570. The molecule has 0 aliphatic carbocycles. The third kappa shape index (κ3) is 9.01. The van der Waals surface area contributed by atoms with Gasteiger partial charge in [-0.2, -0.15) is 13.1 Å². The second kappa shape index (κ2) is 9.77. The Hall–Kier alpha value is -1.43. The molecule has 0 fully saturated rings. The summed E-state index contributed by atoms with van der Waals surface area (Å²) in [6.07, 6.45) is -1.83. The Kier molecular flexibility index (Phi) is 8.39. The molecule has 0 bridgehead atoms. The zero-order valence-corrected chi connectivity index (χ0v) is 14.4. The Morgan fingerprint density at radius 3 is 2.46 bits per heavy atom. The van der Waals surface area contributed by atoms with Crippen molar-refractivity contribution < 1.29 is 32.7 Å². The second-order valence-electron chi connectivity index (χ2n) is 5.34. The minimum atomic E-state index is -4.33. The van der Waals surface area contributed by atoms with Gasteiger partial charge in [-0.1, -0.05) is 6.07 Å². The average Bonchev–Trinajstić information content (AvgIpc) is 2.50. The molecule has 0 aromatic heterocycles. The van der Waals surface area contributed by atoms with Crippen molar-refractivity contribution in [1.29, 1.82) is 0 Å². The first-order chi connectivity index (χ1) is 11.2. The van der Waals surface area contributed by atoms with Crippen molar-refractivity contribution in [2.75, 3.05) is 40.4 Å². The van der Waals surface area contributed by atoms with Gasteiger partial charge in [-0.15, -0.1) is 0 Å². The number of aliphatic hydroxyl groups excluding tert-OH is 2. The monoisotopic (exact) mass is 364 g/mol. The van der Waals surface area contributed by atoms with E-state index in [2.05, 4.69) is 0 Å². The standard InChI is InChI=1S/C14H24N2O7S/c1-16(8-11(17)7-15-24(19,20)21)9-12(18)10-23-14-5-3-4-13(6-14)22-2/h3-6,11-12,15,17-18H,7-10H2,1-2H3,(H,19,20,21). The van der Waals surface area contributed by atoms with E-state index < -0.39 is 22.5 Å². The van der Waals surface area contributed by atoms with Gasteiger partial charge in [0.15, 0.2) is 0 Å². The van der Waals surface area contributed by atoms with Crippen LogP contribution in [0, 0.1) is 0 Å². The van der Waals surface area contributed by atoms with Gasteiger partial charge in [0.05, 0.1) is 13.2 Å². The highest BCUT2D eigenvalue weighted by Gasteiger charge is 2.15. The van der Waals surface area contributed by atoms with E-state index in [0.29, 0.717) is 11.5 Å². The summed E-state index contributed by atoms with van der Waals surface area (Å²) < 4.78 is 41.9. The summed E-state index contributed by atoms with van der Waals surface area (Å²) in [6, 6.07) is 6.98. The third-order valence-electron chi connectivity index (χ3n) is 3.03. The van der Waals surface area contributed by atoms with E-state index in [0.717, 1.165) is 0 Å². The first-order valence-electron chi connectivity index (χ1n) is 7.23. The number of ether oxygens (including phenoxy) is 2. The van der Waals surface area contributed by atoms with Crippen LogP contribution in [-0.2, 0) is 10.3 Å². The maximum Gasteiger partial charge on any atom is 0.333 e. The quantitative estimate of drug-likeness (QED) is 0.373. The van der Waals surface area contributed by atoms with Gasteiger partial charge in [-0.25, -0.2) is 0 Å². The maximum atomic E-state index is 10.5. The molecular formula is C14H24N2O7S. The minimum absolute atomic E-state index is 0.0525. The molecule has 0 radical (unpaired) electrons. The van der Waals surface area contributed by atoms with E-state index in [1.165, 1.54) is 0 Å². The van der Waals surface area contributed by atoms with Gasteiger partial charge in [0.1, 0.15) is 24.2 Å². The van der Waals surface area contributed by atoms with E-state index in [9.17, 15) is 18.6 Å². The van der Waals surface area contributed by atoms with Crippen molar-refractivity contribution in [2.24, 2.45) is 0 Å².